The highest BCUT2D eigenvalue weighted by Gasteiger charge is 2.59. The lowest BCUT2D eigenvalue weighted by atomic mass is 9.60. The van der Waals surface area contributed by atoms with Gasteiger partial charge in [0.2, 0.25) is 10.0 Å². The average molecular weight is 435 g/mol. The van der Waals surface area contributed by atoms with Crippen LogP contribution in [0.25, 0.3) is 0 Å². The third kappa shape index (κ3) is 2.90. The number of rotatable bonds is 5. The van der Waals surface area contributed by atoms with E-state index in [2.05, 4.69) is 10.1 Å². The van der Waals surface area contributed by atoms with Gasteiger partial charge in [-0.1, -0.05) is 6.92 Å². The molecule has 2 saturated carbocycles. The van der Waals surface area contributed by atoms with Gasteiger partial charge in [0.05, 0.1) is 11.8 Å². The molecule has 164 valence electrons. The average Bonchev–Trinajstić information content (AvgIpc) is 3.28. The van der Waals surface area contributed by atoms with Crippen molar-refractivity contribution < 1.29 is 13.2 Å². The Labute approximate surface area is 177 Å². The molecule has 30 heavy (non-hydrogen) atoms. The Hall–Kier alpha value is -1.68. The molecular formula is C20H30N6O3S. The van der Waals surface area contributed by atoms with Gasteiger partial charge in [0.15, 0.2) is 5.82 Å². The summed E-state index contributed by atoms with van der Waals surface area (Å²) in [4.78, 5) is 21.1. The zero-order chi connectivity index (χ0) is 20.7. The van der Waals surface area contributed by atoms with E-state index in [0.29, 0.717) is 44.6 Å². The van der Waals surface area contributed by atoms with Crippen molar-refractivity contribution in [3.05, 3.63) is 12.2 Å². The maximum absolute atomic E-state index is 12.8. The van der Waals surface area contributed by atoms with Gasteiger partial charge in [-0.05, 0) is 32.1 Å². The van der Waals surface area contributed by atoms with Crippen LogP contribution in [0.3, 0.4) is 0 Å². The number of urea groups is 1. The van der Waals surface area contributed by atoms with Gasteiger partial charge in [0.1, 0.15) is 6.33 Å². The van der Waals surface area contributed by atoms with Gasteiger partial charge < -0.3 is 9.80 Å². The molecule has 0 N–H and O–H groups in total. The predicted octanol–water partition coefficient (Wildman–Crippen LogP) is 1.27. The van der Waals surface area contributed by atoms with Crippen LogP contribution in [0.1, 0.15) is 56.8 Å². The van der Waals surface area contributed by atoms with Gasteiger partial charge in [-0.3, -0.25) is 0 Å². The molecule has 6 rings (SSSR count). The lowest BCUT2D eigenvalue weighted by molar-refractivity contribution is -0.101. The van der Waals surface area contributed by atoms with E-state index in [0.717, 1.165) is 31.8 Å². The molecule has 0 aromatic carbocycles. The molecule has 10 heteroatoms. The molecule has 5 aliphatic rings. The number of hydrogen-bond acceptors (Lipinski definition) is 5. The Morgan fingerprint density at radius 2 is 1.70 bits per heavy atom. The van der Waals surface area contributed by atoms with Gasteiger partial charge in [0, 0.05) is 56.0 Å². The quantitative estimate of drug-likeness (QED) is 0.696. The third-order valence-electron chi connectivity index (χ3n) is 7.71. The van der Waals surface area contributed by atoms with Gasteiger partial charge in [-0.25, -0.2) is 27.2 Å². The summed E-state index contributed by atoms with van der Waals surface area (Å²) >= 11 is 0. The van der Waals surface area contributed by atoms with Crippen LogP contribution in [-0.4, -0.2) is 88.3 Å². The first-order valence-corrected chi connectivity index (χ1v) is 12.8. The smallest absolute Gasteiger partial charge is 0.320 e. The van der Waals surface area contributed by atoms with Crippen molar-refractivity contribution in [1.82, 2.24) is 28.9 Å². The number of nitrogens with zero attached hydrogens (tertiary/aromatic N) is 6. The van der Waals surface area contributed by atoms with E-state index < -0.39 is 10.0 Å². The van der Waals surface area contributed by atoms with Gasteiger partial charge in [-0.2, -0.15) is 5.10 Å². The number of aromatic nitrogens is 3. The Balaban J connectivity index is 0.954. The van der Waals surface area contributed by atoms with E-state index in [4.69, 9.17) is 0 Å². The molecule has 3 saturated heterocycles. The predicted molar refractivity (Wildman–Crippen MR) is 109 cm³/mol. The van der Waals surface area contributed by atoms with Crippen LogP contribution >= 0.6 is 0 Å². The van der Waals surface area contributed by atoms with Crippen LogP contribution in [0.5, 0.6) is 0 Å². The largest absolute Gasteiger partial charge is 0.323 e. The molecule has 1 aromatic heterocycles. The number of likely N-dealkylation sites (tertiary alicyclic amines) is 2. The van der Waals surface area contributed by atoms with Crippen molar-refractivity contribution in [2.75, 3.05) is 45.0 Å². The molecule has 2 aliphatic carbocycles. The van der Waals surface area contributed by atoms with Gasteiger partial charge in [-0.15, -0.1) is 0 Å². The highest BCUT2D eigenvalue weighted by atomic mass is 32.2. The monoisotopic (exact) mass is 434 g/mol. The number of carbonyl (C=O) groups is 1. The summed E-state index contributed by atoms with van der Waals surface area (Å²) in [6, 6.07) is 0.557. The van der Waals surface area contributed by atoms with Crippen LogP contribution < -0.4 is 0 Å². The number of carbonyl (C=O) groups excluding carboxylic acids is 1. The zero-order valence-electron chi connectivity index (χ0n) is 17.5. The summed E-state index contributed by atoms with van der Waals surface area (Å²) in [6.07, 6.45) is 7.14. The topological polar surface area (TPSA) is 91.6 Å². The van der Waals surface area contributed by atoms with E-state index in [-0.39, 0.29) is 22.6 Å². The van der Waals surface area contributed by atoms with E-state index in [1.54, 1.807) is 4.31 Å². The fourth-order valence-corrected chi connectivity index (χ4v) is 7.58. The van der Waals surface area contributed by atoms with Crippen molar-refractivity contribution >= 4 is 16.1 Å². The Morgan fingerprint density at radius 1 is 1.07 bits per heavy atom. The maximum Gasteiger partial charge on any atom is 0.320 e. The van der Waals surface area contributed by atoms with E-state index in [1.165, 1.54) is 12.8 Å². The SMILES string of the molecule is CCCS(=O)(=O)N1CC2(CN(C(=O)N3CC4(CC(n5cnc(C6CC6)n5)C4)C3)C2)C1. The second-order valence-electron chi connectivity index (χ2n) is 10.5. The number of sulfonamides is 1. The Kier molecular flexibility index (Phi) is 3.92. The molecule has 5 fully saturated rings. The first-order chi connectivity index (χ1) is 14.3. The molecule has 4 heterocycles. The minimum Gasteiger partial charge on any atom is -0.323 e. The molecule has 3 aliphatic heterocycles. The summed E-state index contributed by atoms with van der Waals surface area (Å²) in [6.45, 7) is 6.10. The van der Waals surface area contributed by atoms with E-state index >= 15 is 0 Å². The lowest BCUT2D eigenvalue weighted by Crippen LogP contribution is -2.76. The Bertz CT molecular complexity index is 958. The normalized spacial score (nSPS) is 27.5. The highest BCUT2D eigenvalue weighted by molar-refractivity contribution is 7.89. The summed E-state index contributed by atoms with van der Waals surface area (Å²) in [5.41, 5.74) is 0.281. The molecule has 0 atom stereocenters. The Morgan fingerprint density at radius 3 is 2.30 bits per heavy atom. The van der Waals surface area contributed by atoms with Crippen LogP contribution in [-0.2, 0) is 10.0 Å². The second-order valence-corrected chi connectivity index (χ2v) is 12.6. The minimum atomic E-state index is -3.10. The fourth-order valence-electron chi connectivity index (χ4n) is 5.86. The van der Waals surface area contributed by atoms with Gasteiger partial charge in [0.25, 0.3) is 0 Å². The van der Waals surface area contributed by atoms with Crippen molar-refractivity contribution in [3.8, 4) is 0 Å². The van der Waals surface area contributed by atoms with Crippen LogP contribution in [0.2, 0.25) is 0 Å². The summed E-state index contributed by atoms with van der Waals surface area (Å²) in [5.74, 6) is 1.82. The molecule has 2 spiro atoms. The van der Waals surface area contributed by atoms with Crippen molar-refractivity contribution in [3.63, 3.8) is 0 Å². The molecule has 1 aromatic rings. The first-order valence-electron chi connectivity index (χ1n) is 11.2. The van der Waals surface area contributed by atoms with Crippen molar-refractivity contribution in [2.24, 2.45) is 10.8 Å². The standard InChI is InChI=1S/C20H30N6O3S/c1-2-5-30(28,29)25-12-20(13-25)10-24(11-20)18(27)23-8-19(9-23)6-16(7-19)26-14-21-17(22-26)15-3-4-15/h14-16H,2-13H2,1H3. The summed E-state index contributed by atoms with van der Waals surface area (Å²) in [7, 11) is -3.10. The first kappa shape index (κ1) is 19.0. The molecule has 0 bridgehead atoms. The molecular weight excluding hydrogens is 404 g/mol. The summed E-state index contributed by atoms with van der Waals surface area (Å²) in [5, 5.41) is 4.66. The fraction of sp³-hybridized carbons (Fsp3) is 0.850. The van der Waals surface area contributed by atoms with Crippen molar-refractivity contribution in [2.45, 2.75) is 51.0 Å². The van der Waals surface area contributed by atoms with Crippen LogP contribution in [0, 0.1) is 10.8 Å². The number of hydrogen-bond donors (Lipinski definition) is 0. The molecule has 0 radical (unpaired) electrons. The maximum atomic E-state index is 12.8. The third-order valence-corrected chi connectivity index (χ3v) is 9.67. The van der Waals surface area contributed by atoms with Crippen LogP contribution in [0.4, 0.5) is 4.79 Å². The molecule has 9 nitrogen and oxygen atoms in total. The van der Waals surface area contributed by atoms with E-state index in [1.807, 2.05) is 27.7 Å². The van der Waals surface area contributed by atoms with Crippen molar-refractivity contribution in [1.29, 1.82) is 0 Å². The van der Waals surface area contributed by atoms with E-state index in [9.17, 15) is 13.2 Å². The van der Waals surface area contributed by atoms with Crippen LogP contribution in [0.15, 0.2) is 6.33 Å². The summed E-state index contributed by atoms with van der Waals surface area (Å²) < 4.78 is 27.9. The number of amides is 2. The van der Waals surface area contributed by atoms with Gasteiger partial charge >= 0.3 is 6.03 Å². The minimum absolute atomic E-state index is 0.00689. The lowest BCUT2D eigenvalue weighted by Gasteiger charge is -2.63. The molecule has 2 amide bonds. The zero-order valence-corrected chi connectivity index (χ0v) is 18.4. The second kappa shape index (κ2) is 6.18. The highest BCUT2D eigenvalue weighted by Crippen LogP contribution is 2.54. The molecule has 0 unspecified atom stereocenters.